The molecule has 0 saturated carbocycles. The summed E-state index contributed by atoms with van der Waals surface area (Å²) in [5.41, 5.74) is 12.5. The quantitative estimate of drug-likeness (QED) is 0.180. The third-order valence-electron chi connectivity index (χ3n) is 10.4. The molecule has 0 aliphatic carbocycles. The van der Waals surface area contributed by atoms with Crippen molar-refractivity contribution < 1.29 is 4.42 Å². The van der Waals surface area contributed by atoms with Gasteiger partial charge in [0, 0.05) is 49.5 Å². The summed E-state index contributed by atoms with van der Waals surface area (Å²) in [7, 11) is 0. The smallest absolute Gasteiger partial charge is 0.160 e. The minimum Gasteiger partial charge on any atom is -0.455 e. The number of aromatic nitrogens is 4. The summed E-state index contributed by atoms with van der Waals surface area (Å²) < 4.78 is 8.97. The van der Waals surface area contributed by atoms with Crippen LogP contribution in [0.2, 0.25) is 0 Å². The van der Waals surface area contributed by atoms with Gasteiger partial charge in [-0.15, -0.1) is 0 Å². The van der Waals surface area contributed by atoms with Crippen molar-refractivity contribution >= 4 is 54.6 Å². The van der Waals surface area contributed by atoms with E-state index in [1.54, 1.807) is 0 Å². The lowest BCUT2D eigenvalue weighted by Crippen LogP contribution is -1.98. The fourth-order valence-electron chi connectivity index (χ4n) is 7.89. The fourth-order valence-corrected chi connectivity index (χ4v) is 7.89. The Balaban J connectivity index is 1.12. The van der Waals surface area contributed by atoms with Crippen LogP contribution in [0.4, 0.5) is 0 Å². The Bertz CT molecular complexity index is 3160. The van der Waals surface area contributed by atoms with Crippen LogP contribution in [0.25, 0.3) is 105 Å². The number of hydrogen-bond acceptors (Lipinski definition) is 4. The summed E-state index contributed by atoms with van der Waals surface area (Å²) >= 11 is 0. The van der Waals surface area contributed by atoms with Crippen LogP contribution in [0.1, 0.15) is 0 Å². The minimum atomic E-state index is 0.656. The molecule has 0 fully saturated rings. The van der Waals surface area contributed by atoms with Crippen LogP contribution in [0.5, 0.6) is 0 Å². The predicted molar refractivity (Wildman–Crippen MR) is 221 cm³/mol. The molecule has 252 valence electrons. The van der Waals surface area contributed by atoms with E-state index < -0.39 is 0 Å². The largest absolute Gasteiger partial charge is 0.455 e. The lowest BCUT2D eigenvalue weighted by Gasteiger charge is -2.12. The molecule has 0 radical (unpaired) electrons. The monoisotopic (exact) mass is 690 g/mol. The van der Waals surface area contributed by atoms with Crippen LogP contribution in [-0.4, -0.2) is 19.5 Å². The summed E-state index contributed by atoms with van der Waals surface area (Å²) in [4.78, 5) is 15.7. The molecule has 7 aromatic carbocycles. The molecule has 0 unspecified atom stereocenters. The van der Waals surface area contributed by atoms with Crippen molar-refractivity contribution in [2.24, 2.45) is 0 Å². The van der Waals surface area contributed by atoms with E-state index in [4.69, 9.17) is 19.4 Å². The molecule has 0 aliphatic rings. The average molecular weight is 691 g/mol. The van der Waals surface area contributed by atoms with Crippen LogP contribution in [0.15, 0.2) is 186 Å². The molecule has 0 atom stereocenters. The highest BCUT2D eigenvalue weighted by atomic mass is 16.3. The van der Waals surface area contributed by atoms with Gasteiger partial charge in [-0.3, -0.25) is 0 Å². The first-order chi connectivity index (χ1) is 26.8. The van der Waals surface area contributed by atoms with E-state index >= 15 is 0 Å². The van der Waals surface area contributed by atoms with Crippen LogP contribution in [0, 0.1) is 0 Å². The van der Waals surface area contributed by atoms with E-state index in [0.29, 0.717) is 5.82 Å². The number of rotatable bonds is 5. The maximum Gasteiger partial charge on any atom is 0.160 e. The number of benzene rings is 7. The highest BCUT2D eigenvalue weighted by Gasteiger charge is 2.20. The van der Waals surface area contributed by atoms with Gasteiger partial charge in [0.15, 0.2) is 5.82 Å². The van der Waals surface area contributed by atoms with Crippen LogP contribution >= 0.6 is 0 Å². The molecular formula is C49H30N4O. The van der Waals surface area contributed by atoms with Gasteiger partial charge in [0.1, 0.15) is 11.2 Å². The Morgan fingerprint density at radius 1 is 0.407 bits per heavy atom. The molecule has 0 spiro atoms. The van der Waals surface area contributed by atoms with Gasteiger partial charge in [-0.2, -0.15) is 0 Å². The summed E-state index contributed by atoms with van der Waals surface area (Å²) in [6.07, 6.45) is 0. The first-order valence-corrected chi connectivity index (χ1v) is 18.1. The molecule has 4 heterocycles. The summed E-state index contributed by atoms with van der Waals surface area (Å²) in [6, 6.07) is 63.0. The number of furan rings is 1. The second kappa shape index (κ2) is 12.1. The van der Waals surface area contributed by atoms with Gasteiger partial charge in [0.2, 0.25) is 0 Å². The van der Waals surface area contributed by atoms with Crippen molar-refractivity contribution in [2.75, 3.05) is 0 Å². The molecule has 0 N–H and O–H groups in total. The molecule has 0 saturated heterocycles. The molecule has 54 heavy (non-hydrogen) atoms. The van der Waals surface area contributed by atoms with Gasteiger partial charge >= 0.3 is 0 Å². The Morgan fingerprint density at radius 3 is 1.76 bits per heavy atom. The Hall–Kier alpha value is -7.37. The number of hydrogen-bond donors (Lipinski definition) is 0. The lowest BCUT2D eigenvalue weighted by molar-refractivity contribution is 0.672. The van der Waals surface area contributed by atoms with Gasteiger partial charge in [-0.05, 0) is 60.7 Å². The van der Waals surface area contributed by atoms with Crippen LogP contribution in [-0.2, 0) is 0 Å². The number of para-hydroxylation sites is 3. The Morgan fingerprint density at radius 2 is 1.02 bits per heavy atom. The van der Waals surface area contributed by atoms with E-state index in [2.05, 4.69) is 144 Å². The van der Waals surface area contributed by atoms with Crippen molar-refractivity contribution in [2.45, 2.75) is 0 Å². The van der Waals surface area contributed by atoms with Crippen molar-refractivity contribution in [1.29, 1.82) is 0 Å². The van der Waals surface area contributed by atoms with E-state index in [0.717, 1.165) is 88.9 Å². The average Bonchev–Trinajstić information content (AvgIpc) is 3.80. The number of fused-ring (bicyclic) bond motifs is 8. The van der Waals surface area contributed by atoms with Crippen molar-refractivity contribution in [3.05, 3.63) is 182 Å². The van der Waals surface area contributed by atoms with E-state index in [1.165, 1.54) is 10.8 Å². The Labute approximate surface area is 310 Å². The first-order valence-electron chi connectivity index (χ1n) is 18.1. The molecule has 5 nitrogen and oxygen atoms in total. The number of pyridine rings is 1. The summed E-state index contributed by atoms with van der Waals surface area (Å²) in [6.45, 7) is 0. The predicted octanol–water partition coefficient (Wildman–Crippen LogP) is 12.7. The zero-order valence-corrected chi connectivity index (χ0v) is 29.0. The molecule has 0 amide bonds. The van der Waals surface area contributed by atoms with Crippen LogP contribution in [0.3, 0.4) is 0 Å². The molecule has 5 heteroatoms. The third-order valence-corrected chi connectivity index (χ3v) is 10.4. The molecule has 11 rings (SSSR count). The summed E-state index contributed by atoms with van der Waals surface area (Å²) in [5.74, 6) is 0.656. The third kappa shape index (κ3) is 4.83. The zero-order chi connectivity index (χ0) is 35.6. The van der Waals surface area contributed by atoms with Crippen molar-refractivity contribution in [1.82, 2.24) is 19.5 Å². The highest BCUT2D eigenvalue weighted by Crippen LogP contribution is 2.41. The molecular weight excluding hydrogens is 661 g/mol. The van der Waals surface area contributed by atoms with E-state index in [-0.39, 0.29) is 0 Å². The van der Waals surface area contributed by atoms with Gasteiger partial charge in [0.25, 0.3) is 0 Å². The van der Waals surface area contributed by atoms with E-state index in [9.17, 15) is 0 Å². The van der Waals surface area contributed by atoms with Gasteiger partial charge in [0.05, 0.1) is 39.0 Å². The second-order valence-corrected chi connectivity index (χ2v) is 13.6. The second-order valence-electron chi connectivity index (χ2n) is 13.6. The zero-order valence-electron chi connectivity index (χ0n) is 29.0. The maximum atomic E-state index is 6.64. The molecule has 0 bridgehead atoms. The van der Waals surface area contributed by atoms with Crippen molar-refractivity contribution in [3.63, 3.8) is 0 Å². The molecule has 0 aliphatic heterocycles. The van der Waals surface area contributed by atoms with Gasteiger partial charge in [-0.25, -0.2) is 15.0 Å². The number of nitrogens with zero attached hydrogens (tertiary/aromatic N) is 4. The first kappa shape index (κ1) is 30.3. The summed E-state index contributed by atoms with van der Waals surface area (Å²) in [5, 5.41) is 5.43. The SMILES string of the molecule is c1ccc(-c2cc(-c3ccc4oc5c6ccccc6nc(-c6ccccc6)c5c4c3)nc(-c3cccc(-n4c5ccccc5c5ccccc54)c3)n2)cc1. The van der Waals surface area contributed by atoms with Gasteiger partial charge < -0.3 is 8.98 Å². The molecule has 11 aromatic rings. The lowest BCUT2D eigenvalue weighted by atomic mass is 10.0. The normalized spacial score (nSPS) is 11.7. The van der Waals surface area contributed by atoms with Gasteiger partial charge in [-0.1, -0.05) is 121 Å². The highest BCUT2D eigenvalue weighted by molar-refractivity contribution is 6.19. The molecule has 4 aromatic heterocycles. The standard InChI is InChI=1S/C49H30N4O/c1-3-14-31(15-4-1)41-30-42(52-49(51-41)34-18-13-19-35(28-34)53-43-24-11-8-20-36(43)37-21-9-12-25-44(37)53)33-26-27-45-39(29-33)46-47(32-16-5-2-6-17-32)50-40-23-10-7-22-38(40)48(46)54-45/h1-30H. The maximum absolute atomic E-state index is 6.64. The fraction of sp³-hybridized carbons (Fsp3) is 0. The minimum absolute atomic E-state index is 0.656. The van der Waals surface area contributed by atoms with Crippen molar-refractivity contribution in [3.8, 4) is 50.8 Å². The van der Waals surface area contributed by atoms with E-state index in [1.807, 2.05) is 42.5 Å². The van der Waals surface area contributed by atoms with Crippen LogP contribution < -0.4 is 0 Å². The Kier molecular flexibility index (Phi) is 6.79. The topological polar surface area (TPSA) is 56.7 Å².